The molecule has 0 atom stereocenters. The van der Waals surface area contributed by atoms with E-state index in [0.29, 0.717) is 29.6 Å². The van der Waals surface area contributed by atoms with Crippen molar-refractivity contribution in [2.75, 3.05) is 7.11 Å². The Morgan fingerprint density at radius 3 is 2.80 bits per heavy atom. The van der Waals surface area contributed by atoms with Gasteiger partial charge in [0.2, 0.25) is 5.88 Å². The lowest BCUT2D eigenvalue weighted by Crippen LogP contribution is -2.00. The maximum Gasteiger partial charge on any atom is 0.222 e. The molecule has 1 aromatic carbocycles. The fraction of sp³-hybridized carbons (Fsp3) is 0.214. The summed E-state index contributed by atoms with van der Waals surface area (Å²) >= 11 is 3.29. The van der Waals surface area contributed by atoms with E-state index in [4.69, 9.17) is 9.47 Å². The lowest BCUT2D eigenvalue weighted by Gasteiger charge is -2.08. The quantitative estimate of drug-likeness (QED) is 0.784. The van der Waals surface area contributed by atoms with Gasteiger partial charge in [0.25, 0.3) is 0 Å². The molecule has 0 radical (unpaired) electrons. The number of benzene rings is 1. The van der Waals surface area contributed by atoms with Crippen molar-refractivity contribution in [3.8, 4) is 11.6 Å². The first-order valence-electron chi connectivity index (χ1n) is 5.88. The molecule has 104 valence electrons. The van der Waals surface area contributed by atoms with Crippen LogP contribution >= 0.6 is 15.9 Å². The van der Waals surface area contributed by atoms with Gasteiger partial charge in [-0.15, -0.1) is 0 Å². The van der Waals surface area contributed by atoms with Crippen molar-refractivity contribution in [1.29, 1.82) is 0 Å². The number of methoxy groups -OCH3 is 1. The van der Waals surface area contributed by atoms with Crippen LogP contribution in [-0.2, 0) is 11.3 Å². The molecule has 0 amide bonds. The lowest BCUT2D eigenvalue weighted by molar-refractivity contribution is 0.112. The van der Waals surface area contributed by atoms with Crippen LogP contribution in [0.15, 0.2) is 28.7 Å². The first kappa shape index (κ1) is 14.6. The van der Waals surface area contributed by atoms with Crippen LogP contribution in [-0.4, -0.2) is 23.4 Å². The lowest BCUT2D eigenvalue weighted by atomic mass is 10.2. The highest BCUT2D eigenvalue weighted by atomic mass is 79.9. The van der Waals surface area contributed by atoms with Gasteiger partial charge in [-0.3, -0.25) is 4.79 Å². The van der Waals surface area contributed by atoms with Crippen LogP contribution in [0.2, 0.25) is 0 Å². The zero-order chi connectivity index (χ0) is 14.5. The van der Waals surface area contributed by atoms with Crippen molar-refractivity contribution in [2.24, 2.45) is 0 Å². The number of carbonyl (C=O) groups is 1. The summed E-state index contributed by atoms with van der Waals surface area (Å²) in [5, 5.41) is 0. The Labute approximate surface area is 125 Å². The van der Waals surface area contributed by atoms with E-state index >= 15 is 0 Å². The van der Waals surface area contributed by atoms with Gasteiger partial charge < -0.3 is 9.47 Å². The van der Waals surface area contributed by atoms with Crippen molar-refractivity contribution >= 4 is 22.2 Å². The van der Waals surface area contributed by atoms with Gasteiger partial charge in [-0.05, 0) is 25.1 Å². The molecule has 20 heavy (non-hydrogen) atoms. The molecule has 2 aromatic rings. The van der Waals surface area contributed by atoms with Gasteiger partial charge in [-0.1, -0.05) is 15.9 Å². The number of halogens is 1. The molecule has 5 nitrogen and oxygen atoms in total. The fourth-order valence-corrected chi connectivity index (χ4v) is 1.98. The van der Waals surface area contributed by atoms with Crippen LogP contribution in [0, 0.1) is 6.92 Å². The molecule has 0 saturated heterocycles. The molecule has 6 heteroatoms. The third-order valence-corrected chi connectivity index (χ3v) is 3.19. The smallest absolute Gasteiger partial charge is 0.222 e. The Kier molecular flexibility index (Phi) is 4.81. The highest BCUT2D eigenvalue weighted by Crippen LogP contribution is 2.25. The van der Waals surface area contributed by atoms with Crippen LogP contribution in [0.4, 0.5) is 0 Å². The van der Waals surface area contributed by atoms with Crippen LogP contribution < -0.4 is 4.74 Å². The minimum Gasteiger partial charge on any atom is -0.439 e. The molecule has 0 fully saturated rings. The Balaban J connectivity index is 2.27. The summed E-state index contributed by atoms with van der Waals surface area (Å²) in [6, 6.07) is 6.88. The summed E-state index contributed by atoms with van der Waals surface area (Å²) in [7, 11) is 1.58. The number of carbonyl (C=O) groups excluding carboxylic acids is 1. The Morgan fingerprint density at radius 1 is 1.30 bits per heavy atom. The van der Waals surface area contributed by atoms with E-state index in [2.05, 4.69) is 25.9 Å². The predicted octanol–water partition coefficient (Wildman–Crippen LogP) is 3.30. The van der Waals surface area contributed by atoms with Crippen LogP contribution in [0.5, 0.6) is 11.6 Å². The summed E-state index contributed by atoms with van der Waals surface area (Å²) < 4.78 is 11.4. The average Bonchev–Trinajstić information content (AvgIpc) is 2.40. The maximum atomic E-state index is 10.9. The van der Waals surface area contributed by atoms with E-state index in [1.807, 2.05) is 6.92 Å². The largest absolute Gasteiger partial charge is 0.439 e. The number of aryl methyl sites for hydroxylation is 1. The molecule has 2 rings (SSSR count). The Hall–Kier alpha value is -1.79. The number of hydrogen-bond donors (Lipinski definition) is 0. The minimum absolute atomic E-state index is 0.317. The second kappa shape index (κ2) is 6.58. The molecular formula is C14H13BrN2O3. The SMILES string of the molecule is COCc1nc(C)cc(Oc2ccc(Br)c(C=O)c2)n1. The third-order valence-electron chi connectivity index (χ3n) is 2.47. The Bertz CT molecular complexity index is 632. The first-order valence-corrected chi connectivity index (χ1v) is 6.67. The third kappa shape index (κ3) is 3.61. The van der Waals surface area contributed by atoms with Crippen molar-refractivity contribution in [1.82, 2.24) is 9.97 Å². The predicted molar refractivity (Wildman–Crippen MR) is 77.1 cm³/mol. The minimum atomic E-state index is 0.317. The molecule has 0 aliphatic rings. The molecule has 0 saturated carbocycles. The topological polar surface area (TPSA) is 61.3 Å². The van der Waals surface area contributed by atoms with Gasteiger partial charge in [0, 0.05) is 28.9 Å². The van der Waals surface area contributed by atoms with Gasteiger partial charge in [0.1, 0.15) is 12.4 Å². The van der Waals surface area contributed by atoms with Gasteiger partial charge in [-0.25, -0.2) is 4.98 Å². The van der Waals surface area contributed by atoms with E-state index < -0.39 is 0 Å². The molecule has 0 unspecified atom stereocenters. The fourth-order valence-electron chi connectivity index (χ4n) is 1.64. The normalized spacial score (nSPS) is 10.3. The number of aldehydes is 1. The highest BCUT2D eigenvalue weighted by Gasteiger charge is 2.06. The van der Waals surface area contributed by atoms with Gasteiger partial charge in [0.15, 0.2) is 12.1 Å². The monoisotopic (exact) mass is 336 g/mol. The summed E-state index contributed by atoms with van der Waals surface area (Å²) in [5.41, 5.74) is 1.31. The maximum absolute atomic E-state index is 10.9. The average molecular weight is 337 g/mol. The van der Waals surface area contributed by atoms with Crippen LogP contribution in [0.3, 0.4) is 0 Å². The van der Waals surface area contributed by atoms with Crippen molar-refractivity contribution < 1.29 is 14.3 Å². The summed E-state index contributed by atoms with van der Waals surface area (Å²) in [5.74, 6) is 1.51. The second-order valence-corrected chi connectivity index (χ2v) is 4.95. The first-order chi connectivity index (χ1) is 9.62. The molecule has 0 spiro atoms. The number of nitrogens with zero attached hydrogens (tertiary/aromatic N) is 2. The molecule has 1 aromatic heterocycles. The molecule has 0 aliphatic heterocycles. The summed E-state index contributed by atoms with van der Waals surface area (Å²) in [6.07, 6.45) is 0.762. The van der Waals surface area contributed by atoms with E-state index in [9.17, 15) is 4.79 Å². The number of rotatable bonds is 5. The summed E-state index contributed by atoms with van der Waals surface area (Å²) in [6.45, 7) is 2.17. The van der Waals surface area contributed by atoms with E-state index in [0.717, 1.165) is 16.5 Å². The van der Waals surface area contributed by atoms with Crippen LogP contribution in [0.1, 0.15) is 21.9 Å². The van der Waals surface area contributed by atoms with Gasteiger partial charge >= 0.3 is 0 Å². The molecule has 0 bridgehead atoms. The molecule has 0 N–H and O–H groups in total. The molecule has 0 aliphatic carbocycles. The zero-order valence-corrected chi connectivity index (χ0v) is 12.7. The van der Waals surface area contributed by atoms with E-state index in [1.54, 1.807) is 31.4 Å². The zero-order valence-electron chi connectivity index (χ0n) is 11.1. The molecular weight excluding hydrogens is 324 g/mol. The number of hydrogen-bond acceptors (Lipinski definition) is 5. The van der Waals surface area contributed by atoms with E-state index in [-0.39, 0.29) is 0 Å². The van der Waals surface area contributed by atoms with Crippen molar-refractivity contribution in [2.45, 2.75) is 13.5 Å². The Morgan fingerprint density at radius 2 is 2.10 bits per heavy atom. The molecule has 1 heterocycles. The van der Waals surface area contributed by atoms with Crippen molar-refractivity contribution in [3.63, 3.8) is 0 Å². The number of aromatic nitrogens is 2. The number of ether oxygens (including phenoxy) is 2. The second-order valence-electron chi connectivity index (χ2n) is 4.10. The van der Waals surface area contributed by atoms with Gasteiger partial charge in [0.05, 0.1) is 0 Å². The van der Waals surface area contributed by atoms with E-state index in [1.165, 1.54) is 0 Å². The van der Waals surface area contributed by atoms with Crippen LogP contribution in [0.25, 0.3) is 0 Å². The van der Waals surface area contributed by atoms with Crippen molar-refractivity contribution in [3.05, 3.63) is 45.8 Å². The standard InChI is InChI=1S/C14H13BrN2O3/c1-9-5-14(17-13(16-9)8-19-2)20-11-3-4-12(15)10(6-11)7-18/h3-7H,8H2,1-2H3. The highest BCUT2D eigenvalue weighted by molar-refractivity contribution is 9.10. The summed E-state index contributed by atoms with van der Waals surface area (Å²) in [4.78, 5) is 19.4. The van der Waals surface area contributed by atoms with Gasteiger partial charge in [-0.2, -0.15) is 4.98 Å².